The zero-order valence-electron chi connectivity index (χ0n) is 17.0. The van der Waals surface area contributed by atoms with Crippen molar-refractivity contribution in [2.24, 2.45) is 0 Å². The number of anilines is 2. The number of amides is 2. The summed E-state index contributed by atoms with van der Waals surface area (Å²) >= 11 is 0. The summed E-state index contributed by atoms with van der Waals surface area (Å²) in [5.41, 5.74) is 3.28. The van der Waals surface area contributed by atoms with Crippen LogP contribution in [0.1, 0.15) is 25.0 Å². The van der Waals surface area contributed by atoms with Crippen LogP contribution in [0.4, 0.5) is 11.4 Å². The number of carbonyl (C=O) groups excluding carboxylic acids is 2. The molecule has 2 N–H and O–H groups in total. The number of nitrogens with one attached hydrogen (secondary N) is 2. The molecule has 0 spiro atoms. The van der Waals surface area contributed by atoms with Gasteiger partial charge in [-0.05, 0) is 35.4 Å². The average Bonchev–Trinajstić information content (AvgIpc) is 2.72. The molecular weight excluding hydrogens is 380 g/mol. The van der Waals surface area contributed by atoms with Crippen molar-refractivity contribution in [2.75, 3.05) is 10.6 Å². The zero-order valence-corrected chi connectivity index (χ0v) is 17.0. The van der Waals surface area contributed by atoms with Crippen LogP contribution in [-0.2, 0) is 22.8 Å². The van der Waals surface area contributed by atoms with Crippen LogP contribution in [0.5, 0.6) is 11.5 Å². The molecule has 3 aromatic rings. The molecule has 0 radical (unpaired) electrons. The third-order valence-electron chi connectivity index (χ3n) is 4.21. The summed E-state index contributed by atoms with van der Waals surface area (Å²) in [6, 6.07) is 22.5. The van der Waals surface area contributed by atoms with Gasteiger partial charge in [-0.15, -0.1) is 0 Å². The monoisotopic (exact) mass is 404 g/mol. The molecule has 0 atom stereocenters. The maximum Gasteiger partial charge on any atom is 0.221 e. The summed E-state index contributed by atoms with van der Waals surface area (Å²) in [7, 11) is 0. The Kier molecular flexibility index (Phi) is 7.05. The Morgan fingerprint density at radius 1 is 0.633 bits per heavy atom. The van der Waals surface area contributed by atoms with E-state index in [2.05, 4.69) is 10.6 Å². The van der Waals surface area contributed by atoms with Gasteiger partial charge in [0.25, 0.3) is 0 Å². The second-order valence-electron chi connectivity index (χ2n) is 6.75. The highest BCUT2D eigenvalue weighted by Crippen LogP contribution is 2.26. The van der Waals surface area contributed by atoms with E-state index in [1.165, 1.54) is 13.8 Å². The van der Waals surface area contributed by atoms with Crippen LogP contribution in [0.3, 0.4) is 0 Å². The number of hydrogen-bond acceptors (Lipinski definition) is 4. The van der Waals surface area contributed by atoms with Crippen LogP contribution in [-0.4, -0.2) is 11.8 Å². The number of carbonyl (C=O) groups is 2. The molecule has 0 unspecified atom stereocenters. The summed E-state index contributed by atoms with van der Waals surface area (Å²) in [5, 5.41) is 5.52. The minimum absolute atomic E-state index is 0.143. The summed E-state index contributed by atoms with van der Waals surface area (Å²) in [4.78, 5) is 22.6. The number of benzene rings is 3. The second kappa shape index (κ2) is 10.1. The predicted octanol–water partition coefficient (Wildman–Crippen LogP) is 4.76. The normalized spacial score (nSPS) is 10.2. The molecule has 0 heterocycles. The standard InChI is InChI=1S/C24H24N2O4/c1-17(27)25-21-7-3-5-9-23(21)29-15-19-11-13-20(14-12-19)16-30-24-10-6-4-8-22(24)26-18(2)28/h3-14H,15-16H2,1-2H3,(H,25,27)(H,26,28). The molecule has 0 aliphatic carbocycles. The third kappa shape index (κ3) is 6.10. The van der Waals surface area contributed by atoms with Crippen molar-refractivity contribution in [3.63, 3.8) is 0 Å². The second-order valence-corrected chi connectivity index (χ2v) is 6.75. The van der Waals surface area contributed by atoms with Gasteiger partial charge < -0.3 is 20.1 Å². The number of hydrogen-bond donors (Lipinski definition) is 2. The highest BCUT2D eigenvalue weighted by atomic mass is 16.5. The first-order valence-corrected chi connectivity index (χ1v) is 9.58. The topological polar surface area (TPSA) is 76.7 Å². The largest absolute Gasteiger partial charge is 0.487 e. The van der Waals surface area contributed by atoms with Crippen molar-refractivity contribution >= 4 is 23.2 Å². The Bertz CT molecular complexity index is 933. The highest BCUT2D eigenvalue weighted by molar-refractivity contribution is 5.90. The Labute approximate surface area is 175 Å². The Balaban J connectivity index is 1.58. The number of rotatable bonds is 8. The zero-order chi connectivity index (χ0) is 21.3. The first-order chi connectivity index (χ1) is 14.5. The molecule has 3 rings (SSSR count). The molecule has 0 aliphatic heterocycles. The molecule has 0 saturated carbocycles. The van der Waals surface area contributed by atoms with Crippen LogP contribution in [0.15, 0.2) is 72.8 Å². The lowest BCUT2D eigenvalue weighted by atomic mass is 10.1. The van der Waals surface area contributed by atoms with Crippen molar-refractivity contribution in [3.05, 3.63) is 83.9 Å². The fourth-order valence-corrected chi connectivity index (χ4v) is 2.82. The van der Waals surface area contributed by atoms with Crippen molar-refractivity contribution < 1.29 is 19.1 Å². The van der Waals surface area contributed by atoms with Gasteiger partial charge in [-0.1, -0.05) is 48.5 Å². The highest BCUT2D eigenvalue weighted by Gasteiger charge is 2.06. The summed E-state index contributed by atoms with van der Waals surface area (Å²) in [6.07, 6.45) is 0. The van der Waals surface area contributed by atoms with Gasteiger partial charge in [0, 0.05) is 13.8 Å². The van der Waals surface area contributed by atoms with Crippen LogP contribution in [0.2, 0.25) is 0 Å². The van der Waals surface area contributed by atoms with Gasteiger partial charge in [-0.25, -0.2) is 0 Å². The molecule has 6 nitrogen and oxygen atoms in total. The molecule has 0 aromatic heterocycles. The fraction of sp³-hybridized carbons (Fsp3) is 0.167. The average molecular weight is 404 g/mol. The third-order valence-corrected chi connectivity index (χ3v) is 4.21. The summed E-state index contributed by atoms with van der Waals surface area (Å²) in [5.74, 6) is 0.954. The summed E-state index contributed by atoms with van der Waals surface area (Å²) < 4.78 is 11.7. The molecule has 0 saturated heterocycles. The van der Waals surface area contributed by atoms with Gasteiger partial charge in [0.05, 0.1) is 11.4 Å². The lowest BCUT2D eigenvalue weighted by molar-refractivity contribution is -0.115. The predicted molar refractivity (Wildman–Crippen MR) is 117 cm³/mol. The van der Waals surface area contributed by atoms with E-state index in [1.54, 1.807) is 12.1 Å². The molecule has 30 heavy (non-hydrogen) atoms. The van der Waals surface area contributed by atoms with E-state index in [0.717, 1.165) is 11.1 Å². The molecule has 0 aliphatic rings. The minimum atomic E-state index is -0.143. The Hall–Kier alpha value is -3.80. The molecule has 0 bridgehead atoms. The summed E-state index contributed by atoms with van der Waals surface area (Å²) in [6.45, 7) is 3.69. The molecule has 6 heteroatoms. The van der Waals surface area contributed by atoms with Crippen LogP contribution in [0.25, 0.3) is 0 Å². The van der Waals surface area contributed by atoms with Crippen molar-refractivity contribution in [3.8, 4) is 11.5 Å². The molecular formula is C24H24N2O4. The molecule has 0 fully saturated rings. The van der Waals surface area contributed by atoms with Crippen molar-refractivity contribution in [2.45, 2.75) is 27.1 Å². The first kappa shape index (κ1) is 20.9. The van der Waals surface area contributed by atoms with E-state index in [0.29, 0.717) is 36.1 Å². The molecule has 3 aromatic carbocycles. The van der Waals surface area contributed by atoms with E-state index in [-0.39, 0.29) is 11.8 Å². The van der Waals surface area contributed by atoms with Crippen molar-refractivity contribution in [1.29, 1.82) is 0 Å². The van der Waals surface area contributed by atoms with Crippen LogP contribution < -0.4 is 20.1 Å². The fourth-order valence-electron chi connectivity index (χ4n) is 2.82. The van der Waals surface area contributed by atoms with Gasteiger partial charge in [-0.2, -0.15) is 0 Å². The van der Waals surface area contributed by atoms with Crippen molar-refractivity contribution in [1.82, 2.24) is 0 Å². The molecule has 154 valence electrons. The SMILES string of the molecule is CC(=O)Nc1ccccc1OCc1ccc(COc2ccccc2NC(C)=O)cc1. The Morgan fingerprint density at radius 3 is 1.37 bits per heavy atom. The van der Waals surface area contributed by atoms with Crippen LogP contribution in [0, 0.1) is 0 Å². The van der Waals surface area contributed by atoms with Gasteiger partial charge >= 0.3 is 0 Å². The van der Waals surface area contributed by atoms with E-state index in [1.807, 2.05) is 60.7 Å². The van der Waals surface area contributed by atoms with E-state index >= 15 is 0 Å². The van der Waals surface area contributed by atoms with Gasteiger partial charge in [0.1, 0.15) is 24.7 Å². The lowest BCUT2D eigenvalue weighted by Gasteiger charge is -2.13. The van der Waals surface area contributed by atoms with Gasteiger partial charge in [0.2, 0.25) is 11.8 Å². The first-order valence-electron chi connectivity index (χ1n) is 9.58. The quantitative estimate of drug-likeness (QED) is 0.567. The smallest absolute Gasteiger partial charge is 0.221 e. The maximum absolute atomic E-state index is 11.3. The molecule has 2 amide bonds. The van der Waals surface area contributed by atoms with Crippen LogP contribution >= 0.6 is 0 Å². The van der Waals surface area contributed by atoms with E-state index in [4.69, 9.17) is 9.47 Å². The Morgan fingerprint density at radius 2 is 1.00 bits per heavy atom. The number of ether oxygens (including phenoxy) is 2. The maximum atomic E-state index is 11.3. The number of para-hydroxylation sites is 4. The van der Waals surface area contributed by atoms with E-state index in [9.17, 15) is 9.59 Å². The lowest BCUT2D eigenvalue weighted by Crippen LogP contribution is -2.08. The van der Waals surface area contributed by atoms with E-state index < -0.39 is 0 Å². The van der Waals surface area contributed by atoms with Gasteiger partial charge in [-0.3, -0.25) is 9.59 Å². The van der Waals surface area contributed by atoms with Gasteiger partial charge in [0.15, 0.2) is 0 Å². The minimum Gasteiger partial charge on any atom is -0.487 e.